The van der Waals surface area contributed by atoms with Crippen LogP contribution in [0.25, 0.3) is 0 Å². The Bertz CT molecular complexity index is 367. The van der Waals surface area contributed by atoms with Gasteiger partial charge in [0.15, 0.2) is 0 Å². The van der Waals surface area contributed by atoms with Crippen LogP contribution in [-0.2, 0) is 18.3 Å². The van der Waals surface area contributed by atoms with Gasteiger partial charge in [0.25, 0.3) is 0 Å². The van der Waals surface area contributed by atoms with Crippen LogP contribution in [0.5, 0.6) is 0 Å². The molecule has 1 fully saturated rings. The summed E-state index contributed by atoms with van der Waals surface area (Å²) in [4.78, 5) is 0. The summed E-state index contributed by atoms with van der Waals surface area (Å²) >= 11 is 0. The van der Waals surface area contributed by atoms with Gasteiger partial charge in [0.05, 0.1) is 5.69 Å². The van der Waals surface area contributed by atoms with Crippen molar-refractivity contribution in [1.82, 2.24) is 15.1 Å². The Kier molecular flexibility index (Phi) is 4.18. The number of aromatic nitrogens is 2. The van der Waals surface area contributed by atoms with Crippen molar-refractivity contribution in [2.45, 2.75) is 33.2 Å². The first-order valence-corrected chi connectivity index (χ1v) is 6.46. The lowest BCUT2D eigenvalue weighted by Gasteiger charge is -2.22. The third-order valence-electron chi connectivity index (χ3n) is 3.73. The van der Waals surface area contributed by atoms with E-state index in [0.29, 0.717) is 0 Å². The molecule has 1 aromatic rings. The summed E-state index contributed by atoms with van der Waals surface area (Å²) in [6.45, 7) is 8.10. The molecule has 0 saturated carbocycles. The second kappa shape index (κ2) is 5.65. The zero-order chi connectivity index (χ0) is 12.3. The molecule has 1 aliphatic rings. The van der Waals surface area contributed by atoms with Gasteiger partial charge in [0.1, 0.15) is 0 Å². The minimum atomic E-state index is 0.779. The molecular formula is C13H23N3O. The van der Waals surface area contributed by atoms with Crippen LogP contribution in [0.2, 0.25) is 0 Å². The zero-order valence-electron chi connectivity index (χ0n) is 11.1. The van der Waals surface area contributed by atoms with Gasteiger partial charge in [0, 0.05) is 38.1 Å². The lowest BCUT2D eigenvalue weighted by Crippen LogP contribution is -2.27. The molecule has 4 heteroatoms. The largest absolute Gasteiger partial charge is 0.381 e. The third-order valence-corrected chi connectivity index (χ3v) is 3.73. The fraction of sp³-hybridized carbons (Fsp3) is 0.769. The lowest BCUT2D eigenvalue weighted by atomic mass is 10.0. The number of nitrogens with one attached hydrogen (secondary N) is 1. The van der Waals surface area contributed by atoms with E-state index in [1.165, 1.54) is 24.1 Å². The minimum absolute atomic E-state index is 0.779. The maximum atomic E-state index is 5.36. The van der Waals surface area contributed by atoms with E-state index >= 15 is 0 Å². The summed E-state index contributed by atoms with van der Waals surface area (Å²) in [6, 6.07) is 0. The van der Waals surface area contributed by atoms with Crippen molar-refractivity contribution in [2.75, 3.05) is 19.8 Å². The molecule has 2 heterocycles. The zero-order valence-corrected chi connectivity index (χ0v) is 11.1. The number of rotatable bonds is 4. The Balaban J connectivity index is 1.81. The molecule has 0 atom stereocenters. The van der Waals surface area contributed by atoms with Crippen LogP contribution in [0.1, 0.15) is 29.8 Å². The highest BCUT2D eigenvalue weighted by atomic mass is 16.5. The van der Waals surface area contributed by atoms with Gasteiger partial charge < -0.3 is 10.1 Å². The van der Waals surface area contributed by atoms with Gasteiger partial charge in [-0.1, -0.05) is 0 Å². The molecule has 96 valence electrons. The normalized spacial score (nSPS) is 17.6. The van der Waals surface area contributed by atoms with Crippen LogP contribution in [-0.4, -0.2) is 29.5 Å². The molecule has 1 aliphatic heterocycles. The molecule has 0 radical (unpaired) electrons. The van der Waals surface area contributed by atoms with Gasteiger partial charge in [0.2, 0.25) is 0 Å². The summed E-state index contributed by atoms with van der Waals surface area (Å²) in [5, 5.41) is 7.99. The van der Waals surface area contributed by atoms with Crippen LogP contribution in [0, 0.1) is 19.8 Å². The van der Waals surface area contributed by atoms with Crippen LogP contribution in [0.4, 0.5) is 0 Å². The minimum Gasteiger partial charge on any atom is -0.381 e. The standard InChI is InChI=1S/C13H23N3O/c1-10-13(11(2)16(3)15-10)9-14-8-12-4-6-17-7-5-12/h12,14H,4-9H2,1-3H3. The molecule has 0 amide bonds. The first kappa shape index (κ1) is 12.6. The number of aryl methyl sites for hydroxylation is 2. The summed E-state index contributed by atoms with van der Waals surface area (Å²) in [5.74, 6) is 0.779. The molecule has 0 aromatic carbocycles. The van der Waals surface area contributed by atoms with Gasteiger partial charge >= 0.3 is 0 Å². The first-order valence-electron chi connectivity index (χ1n) is 6.46. The van der Waals surface area contributed by atoms with Crippen molar-refractivity contribution < 1.29 is 4.74 Å². The molecule has 1 saturated heterocycles. The van der Waals surface area contributed by atoms with Crippen LogP contribution in [0.15, 0.2) is 0 Å². The average molecular weight is 237 g/mol. The van der Waals surface area contributed by atoms with E-state index < -0.39 is 0 Å². The van der Waals surface area contributed by atoms with Crippen LogP contribution in [0.3, 0.4) is 0 Å². The van der Waals surface area contributed by atoms with Crippen molar-refractivity contribution in [3.63, 3.8) is 0 Å². The Hall–Kier alpha value is -0.870. The van der Waals surface area contributed by atoms with E-state index in [1.54, 1.807) is 0 Å². The average Bonchev–Trinajstić information content (AvgIpc) is 2.57. The van der Waals surface area contributed by atoms with E-state index in [2.05, 4.69) is 24.3 Å². The quantitative estimate of drug-likeness (QED) is 0.863. The molecule has 1 aromatic heterocycles. The van der Waals surface area contributed by atoms with Gasteiger partial charge in [-0.2, -0.15) is 5.10 Å². The highest BCUT2D eigenvalue weighted by Gasteiger charge is 2.14. The maximum Gasteiger partial charge on any atom is 0.0641 e. The predicted molar refractivity (Wildman–Crippen MR) is 67.9 cm³/mol. The molecule has 0 unspecified atom stereocenters. The van der Waals surface area contributed by atoms with Crippen LogP contribution < -0.4 is 5.32 Å². The molecule has 0 bridgehead atoms. The maximum absolute atomic E-state index is 5.36. The molecule has 0 aliphatic carbocycles. The molecule has 17 heavy (non-hydrogen) atoms. The smallest absolute Gasteiger partial charge is 0.0641 e. The predicted octanol–water partition coefficient (Wildman–Crippen LogP) is 1.55. The van der Waals surface area contributed by atoms with E-state index in [0.717, 1.165) is 37.9 Å². The molecule has 4 nitrogen and oxygen atoms in total. The molecule has 0 spiro atoms. The summed E-state index contributed by atoms with van der Waals surface area (Å²) in [6.07, 6.45) is 2.38. The summed E-state index contributed by atoms with van der Waals surface area (Å²) in [5.41, 5.74) is 3.76. The van der Waals surface area contributed by atoms with Crippen molar-refractivity contribution in [3.05, 3.63) is 17.0 Å². The SMILES string of the molecule is Cc1nn(C)c(C)c1CNCC1CCOCC1. The van der Waals surface area contributed by atoms with E-state index in [9.17, 15) is 0 Å². The highest BCUT2D eigenvalue weighted by Crippen LogP contribution is 2.15. The topological polar surface area (TPSA) is 39.1 Å². The fourth-order valence-electron chi connectivity index (χ4n) is 2.43. The highest BCUT2D eigenvalue weighted by molar-refractivity contribution is 5.23. The molecular weight excluding hydrogens is 214 g/mol. The van der Waals surface area contributed by atoms with Gasteiger partial charge in [-0.3, -0.25) is 4.68 Å². The second-order valence-electron chi connectivity index (χ2n) is 4.96. The molecule has 2 rings (SSSR count). The van der Waals surface area contributed by atoms with E-state index in [4.69, 9.17) is 4.74 Å². The van der Waals surface area contributed by atoms with E-state index in [1.807, 2.05) is 11.7 Å². The van der Waals surface area contributed by atoms with Crippen molar-refractivity contribution in [2.24, 2.45) is 13.0 Å². The Morgan fingerprint density at radius 1 is 1.35 bits per heavy atom. The Morgan fingerprint density at radius 3 is 2.65 bits per heavy atom. The van der Waals surface area contributed by atoms with E-state index in [-0.39, 0.29) is 0 Å². The van der Waals surface area contributed by atoms with Crippen molar-refractivity contribution in [3.8, 4) is 0 Å². The monoisotopic (exact) mass is 237 g/mol. The molecule has 1 N–H and O–H groups in total. The second-order valence-corrected chi connectivity index (χ2v) is 4.96. The Morgan fingerprint density at radius 2 is 2.06 bits per heavy atom. The number of nitrogens with zero attached hydrogens (tertiary/aromatic N) is 2. The summed E-state index contributed by atoms with van der Waals surface area (Å²) < 4.78 is 7.32. The number of hydrogen-bond donors (Lipinski definition) is 1. The van der Waals surface area contributed by atoms with Gasteiger partial charge in [-0.25, -0.2) is 0 Å². The fourth-order valence-corrected chi connectivity index (χ4v) is 2.43. The Labute approximate surface area is 103 Å². The first-order chi connectivity index (χ1) is 8.18. The number of hydrogen-bond acceptors (Lipinski definition) is 3. The third kappa shape index (κ3) is 3.07. The van der Waals surface area contributed by atoms with Crippen LogP contribution >= 0.6 is 0 Å². The summed E-state index contributed by atoms with van der Waals surface area (Å²) in [7, 11) is 2.00. The van der Waals surface area contributed by atoms with Gasteiger partial charge in [-0.15, -0.1) is 0 Å². The van der Waals surface area contributed by atoms with Gasteiger partial charge in [-0.05, 0) is 39.2 Å². The van der Waals surface area contributed by atoms with Crippen molar-refractivity contribution in [1.29, 1.82) is 0 Å². The number of ether oxygens (including phenoxy) is 1. The lowest BCUT2D eigenvalue weighted by molar-refractivity contribution is 0.0662. The van der Waals surface area contributed by atoms with Crippen molar-refractivity contribution >= 4 is 0 Å².